The molecule has 0 atom stereocenters. The van der Waals surface area contributed by atoms with Crippen LogP contribution in [0.15, 0.2) is 22.7 Å². The predicted octanol–water partition coefficient (Wildman–Crippen LogP) is 3.17. The number of anilines is 1. The standard InChI is InChI=1S/C12H14BrClN2O/c13-10-8(14)3-1-4-9(10)16-11(17)12(7-15)5-2-6-12/h1,3-4H,2,5-7,15H2,(H,16,17). The SMILES string of the molecule is NCC1(C(=O)Nc2cccc(Cl)c2Br)CCC1. The van der Waals surface area contributed by atoms with Crippen molar-refractivity contribution in [3.05, 3.63) is 27.7 Å². The van der Waals surface area contributed by atoms with Crippen LogP contribution in [0, 0.1) is 5.41 Å². The van der Waals surface area contributed by atoms with Gasteiger partial charge in [0.25, 0.3) is 0 Å². The quantitative estimate of drug-likeness (QED) is 0.899. The lowest BCUT2D eigenvalue weighted by atomic mass is 9.68. The molecule has 17 heavy (non-hydrogen) atoms. The van der Waals surface area contributed by atoms with Gasteiger partial charge in [0.15, 0.2) is 0 Å². The molecule has 1 aliphatic carbocycles. The average Bonchev–Trinajstić information content (AvgIpc) is 2.24. The predicted molar refractivity (Wildman–Crippen MR) is 73.1 cm³/mol. The van der Waals surface area contributed by atoms with Crippen molar-refractivity contribution < 1.29 is 4.79 Å². The molecule has 0 bridgehead atoms. The van der Waals surface area contributed by atoms with Gasteiger partial charge in [-0.3, -0.25) is 4.79 Å². The molecule has 0 heterocycles. The molecule has 2 rings (SSSR count). The van der Waals surface area contributed by atoms with Gasteiger partial charge in [-0.05, 0) is 40.9 Å². The number of halogens is 2. The van der Waals surface area contributed by atoms with Gasteiger partial charge in [-0.25, -0.2) is 0 Å². The van der Waals surface area contributed by atoms with Crippen molar-refractivity contribution in [2.24, 2.45) is 11.1 Å². The highest BCUT2D eigenvalue weighted by molar-refractivity contribution is 9.10. The Morgan fingerprint density at radius 1 is 1.53 bits per heavy atom. The Kier molecular flexibility index (Phi) is 3.76. The number of amides is 1. The van der Waals surface area contributed by atoms with E-state index in [-0.39, 0.29) is 11.3 Å². The Morgan fingerprint density at radius 2 is 2.24 bits per heavy atom. The van der Waals surface area contributed by atoms with Gasteiger partial charge in [0.2, 0.25) is 5.91 Å². The third-order valence-electron chi connectivity index (χ3n) is 3.38. The van der Waals surface area contributed by atoms with Crippen molar-refractivity contribution in [1.29, 1.82) is 0 Å². The van der Waals surface area contributed by atoms with Gasteiger partial charge in [-0.2, -0.15) is 0 Å². The maximum absolute atomic E-state index is 12.2. The molecule has 3 nitrogen and oxygen atoms in total. The molecule has 1 aliphatic rings. The Morgan fingerprint density at radius 3 is 2.76 bits per heavy atom. The van der Waals surface area contributed by atoms with Crippen LogP contribution >= 0.6 is 27.5 Å². The minimum Gasteiger partial charge on any atom is -0.329 e. The fraction of sp³-hybridized carbons (Fsp3) is 0.417. The van der Waals surface area contributed by atoms with Gasteiger partial charge >= 0.3 is 0 Å². The second kappa shape index (κ2) is 4.96. The number of carbonyl (C=O) groups is 1. The number of nitrogens with two attached hydrogens (primary N) is 1. The number of carbonyl (C=O) groups excluding carboxylic acids is 1. The summed E-state index contributed by atoms with van der Waals surface area (Å²) in [6, 6.07) is 5.39. The summed E-state index contributed by atoms with van der Waals surface area (Å²) >= 11 is 9.33. The van der Waals surface area contributed by atoms with Crippen molar-refractivity contribution in [2.45, 2.75) is 19.3 Å². The van der Waals surface area contributed by atoms with Gasteiger partial charge in [0, 0.05) is 6.54 Å². The average molecular weight is 318 g/mol. The van der Waals surface area contributed by atoms with Gasteiger partial charge < -0.3 is 11.1 Å². The van der Waals surface area contributed by atoms with E-state index in [0.717, 1.165) is 19.3 Å². The van der Waals surface area contributed by atoms with E-state index in [1.807, 2.05) is 6.07 Å². The van der Waals surface area contributed by atoms with Gasteiger partial charge in [0.05, 0.1) is 20.6 Å². The van der Waals surface area contributed by atoms with E-state index in [1.54, 1.807) is 12.1 Å². The fourth-order valence-electron chi connectivity index (χ4n) is 1.98. The lowest BCUT2D eigenvalue weighted by Gasteiger charge is -2.39. The van der Waals surface area contributed by atoms with Crippen LogP contribution in [-0.4, -0.2) is 12.5 Å². The van der Waals surface area contributed by atoms with Gasteiger partial charge in [-0.1, -0.05) is 24.1 Å². The second-order valence-corrected chi connectivity index (χ2v) is 5.59. The van der Waals surface area contributed by atoms with E-state index in [4.69, 9.17) is 17.3 Å². The third kappa shape index (κ3) is 2.34. The Labute approximate surface area is 114 Å². The topological polar surface area (TPSA) is 55.1 Å². The maximum atomic E-state index is 12.2. The molecule has 0 radical (unpaired) electrons. The first-order valence-corrected chi connectivity index (χ1v) is 6.72. The van der Waals surface area contributed by atoms with Crippen LogP contribution in [0.25, 0.3) is 0 Å². The lowest BCUT2D eigenvalue weighted by molar-refractivity contribution is -0.129. The third-order valence-corrected chi connectivity index (χ3v) is 4.78. The molecule has 0 aromatic heterocycles. The molecule has 3 N–H and O–H groups in total. The highest BCUT2D eigenvalue weighted by atomic mass is 79.9. The first-order chi connectivity index (χ1) is 8.09. The first kappa shape index (κ1) is 12.9. The minimum absolute atomic E-state index is 0.00535. The Bertz CT molecular complexity index is 441. The van der Waals surface area contributed by atoms with E-state index >= 15 is 0 Å². The fourth-order valence-corrected chi connectivity index (χ4v) is 2.52. The second-order valence-electron chi connectivity index (χ2n) is 4.39. The number of benzene rings is 1. The first-order valence-electron chi connectivity index (χ1n) is 5.55. The van der Waals surface area contributed by atoms with Crippen LogP contribution in [0.4, 0.5) is 5.69 Å². The summed E-state index contributed by atoms with van der Waals surface area (Å²) < 4.78 is 0.710. The molecular formula is C12H14BrClN2O. The van der Waals surface area contributed by atoms with E-state index in [2.05, 4.69) is 21.2 Å². The Hall–Kier alpha value is -0.580. The zero-order valence-corrected chi connectivity index (χ0v) is 11.6. The molecule has 1 aromatic rings. The molecule has 0 spiro atoms. The van der Waals surface area contributed by atoms with Gasteiger partial charge in [-0.15, -0.1) is 0 Å². The van der Waals surface area contributed by atoms with Crippen molar-refractivity contribution in [3.63, 3.8) is 0 Å². The lowest BCUT2D eigenvalue weighted by Crippen LogP contribution is -2.47. The highest BCUT2D eigenvalue weighted by Gasteiger charge is 2.42. The largest absolute Gasteiger partial charge is 0.329 e. The molecule has 5 heteroatoms. The molecule has 0 unspecified atom stereocenters. The van der Waals surface area contributed by atoms with E-state index < -0.39 is 0 Å². The summed E-state index contributed by atoms with van der Waals surface area (Å²) in [7, 11) is 0. The summed E-state index contributed by atoms with van der Waals surface area (Å²) in [4.78, 5) is 12.2. The summed E-state index contributed by atoms with van der Waals surface area (Å²) in [6.45, 7) is 0.400. The molecule has 0 aliphatic heterocycles. The van der Waals surface area contributed by atoms with Crippen LogP contribution in [0.5, 0.6) is 0 Å². The van der Waals surface area contributed by atoms with E-state index in [9.17, 15) is 4.79 Å². The van der Waals surface area contributed by atoms with Crippen LogP contribution in [0.3, 0.4) is 0 Å². The molecule has 1 saturated carbocycles. The van der Waals surface area contributed by atoms with Crippen LogP contribution in [0.1, 0.15) is 19.3 Å². The van der Waals surface area contributed by atoms with E-state index in [0.29, 0.717) is 21.7 Å². The summed E-state index contributed by atoms with van der Waals surface area (Å²) in [5.41, 5.74) is 6.02. The number of hydrogen-bond acceptors (Lipinski definition) is 2. The molecule has 92 valence electrons. The molecule has 1 aromatic carbocycles. The normalized spacial score (nSPS) is 17.4. The number of hydrogen-bond donors (Lipinski definition) is 2. The molecule has 1 fully saturated rings. The van der Waals surface area contributed by atoms with Gasteiger partial charge in [0.1, 0.15) is 0 Å². The highest BCUT2D eigenvalue weighted by Crippen LogP contribution is 2.41. The zero-order valence-electron chi connectivity index (χ0n) is 9.30. The van der Waals surface area contributed by atoms with Crippen LogP contribution in [0.2, 0.25) is 5.02 Å². The zero-order chi connectivity index (χ0) is 12.5. The molecule has 1 amide bonds. The van der Waals surface area contributed by atoms with Crippen molar-refractivity contribution in [2.75, 3.05) is 11.9 Å². The van der Waals surface area contributed by atoms with Crippen LogP contribution in [-0.2, 0) is 4.79 Å². The summed E-state index contributed by atoms with van der Waals surface area (Å²) in [5.74, 6) is -0.00535. The number of rotatable bonds is 3. The molecule has 0 saturated heterocycles. The van der Waals surface area contributed by atoms with Crippen LogP contribution < -0.4 is 11.1 Å². The van der Waals surface area contributed by atoms with E-state index in [1.165, 1.54) is 0 Å². The summed E-state index contributed by atoms with van der Waals surface area (Å²) in [5, 5.41) is 3.48. The smallest absolute Gasteiger partial charge is 0.231 e. The minimum atomic E-state index is -0.373. The van der Waals surface area contributed by atoms with Crippen molar-refractivity contribution in [3.8, 4) is 0 Å². The van der Waals surface area contributed by atoms with Crippen molar-refractivity contribution >= 4 is 39.1 Å². The maximum Gasteiger partial charge on any atom is 0.231 e. The molecular weight excluding hydrogens is 304 g/mol. The monoisotopic (exact) mass is 316 g/mol. The Balaban J connectivity index is 2.16. The van der Waals surface area contributed by atoms with Crippen molar-refractivity contribution in [1.82, 2.24) is 0 Å². The summed E-state index contributed by atoms with van der Waals surface area (Å²) in [6.07, 6.45) is 2.81. The number of nitrogens with one attached hydrogen (secondary N) is 1.